The Hall–Kier alpha value is -4.29. The van der Waals surface area contributed by atoms with Crippen LogP contribution in [0.25, 0.3) is 21.8 Å². The van der Waals surface area contributed by atoms with Gasteiger partial charge in [0.1, 0.15) is 12.2 Å². The number of fused-ring (bicyclic) bond motifs is 2. The molecule has 0 unspecified atom stereocenters. The van der Waals surface area contributed by atoms with Gasteiger partial charge >= 0.3 is 0 Å². The average molecular weight is 555 g/mol. The van der Waals surface area contributed by atoms with Gasteiger partial charge in [-0.05, 0) is 35.2 Å². The molecule has 202 valence electrons. The standard InChI is InChI=1S/C30H28ClFN8/c1-30(2,3)17-36-28-19(13-33)14-35-29-22(28)10-20(11-23(29)31)39(27-16-40(38-37-27)26-12-24(26)32)15-18-6-4-8-25-21(18)7-5-9-34-25/h4-11,14,16,24,26H,12,15,17H2,1-3H3,(H,35,36)/t24-,26+/m0/s1. The molecule has 5 aromatic rings. The maximum Gasteiger partial charge on any atom is 0.175 e. The van der Waals surface area contributed by atoms with E-state index in [0.717, 1.165) is 27.5 Å². The zero-order valence-electron chi connectivity index (χ0n) is 22.4. The van der Waals surface area contributed by atoms with Gasteiger partial charge in [-0.25, -0.2) is 9.07 Å². The molecule has 40 heavy (non-hydrogen) atoms. The average Bonchev–Trinajstić information content (AvgIpc) is 3.46. The van der Waals surface area contributed by atoms with Crippen LogP contribution in [0.15, 0.2) is 61.1 Å². The molecule has 0 spiro atoms. The molecule has 0 amide bonds. The van der Waals surface area contributed by atoms with E-state index in [2.05, 4.69) is 52.4 Å². The van der Waals surface area contributed by atoms with E-state index in [0.29, 0.717) is 47.1 Å². The number of aromatic nitrogens is 5. The molecule has 1 saturated carbocycles. The zero-order chi connectivity index (χ0) is 28.0. The Balaban J connectivity index is 1.51. The van der Waals surface area contributed by atoms with Crippen molar-refractivity contribution in [3.8, 4) is 6.07 Å². The summed E-state index contributed by atoms with van der Waals surface area (Å²) in [5.74, 6) is 0.559. The van der Waals surface area contributed by atoms with E-state index in [4.69, 9.17) is 11.6 Å². The Morgan fingerprint density at radius 1 is 1.18 bits per heavy atom. The molecule has 3 heterocycles. The lowest BCUT2D eigenvalue weighted by Crippen LogP contribution is -2.20. The second-order valence-corrected chi connectivity index (χ2v) is 11.8. The number of nitrogens with zero attached hydrogens (tertiary/aromatic N) is 7. The Bertz CT molecular complexity index is 1760. The van der Waals surface area contributed by atoms with Gasteiger partial charge in [0.05, 0.1) is 46.1 Å². The van der Waals surface area contributed by atoms with Crippen molar-refractivity contribution in [3.05, 3.63) is 77.2 Å². The Morgan fingerprint density at radius 2 is 2.00 bits per heavy atom. The van der Waals surface area contributed by atoms with Crippen molar-refractivity contribution < 1.29 is 4.39 Å². The summed E-state index contributed by atoms with van der Waals surface area (Å²) in [5.41, 5.74) is 4.35. The number of anilines is 3. The van der Waals surface area contributed by atoms with Crippen molar-refractivity contribution in [2.24, 2.45) is 5.41 Å². The molecule has 2 aromatic carbocycles. The maximum absolute atomic E-state index is 13.8. The zero-order valence-corrected chi connectivity index (χ0v) is 23.2. The quantitative estimate of drug-likeness (QED) is 0.232. The lowest BCUT2D eigenvalue weighted by atomic mass is 9.96. The number of benzene rings is 2. The first-order chi connectivity index (χ1) is 19.2. The van der Waals surface area contributed by atoms with Crippen molar-refractivity contribution >= 4 is 50.6 Å². The largest absolute Gasteiger partial charge is 0.383 e. The third-order valence-electron chi connectivity index (χ3n) is 7.00. The van der Waals surface area contributed by atoms with E-state index in [1.165, 1.54) is 0 Å². The first-order valence-corrected chi connectivity index (χ1v) is 13.5. The van der Waals surface area contributed by atoms with Crippen LogP contribution in [0, 0.1) is 16.7 Å². The van der Waals surface area contributed by atoms with Crippen LogP contribution in [-0.2, 0) is 6.54 Å². The molecule has 0 aliphatic heterocycles. The van der Waals surface area contributed by atoms with Gasteiger partial charge in [0.15, 0.2) is 5.82 Å². The van der Waals surface area contributed by atoms with Gasteiger partial charge in [-0.15, -0.1) is 5.10 Å². The molecule has 0 saturated heterocycles. The first-order valence-electron chi connectivity index (χ1n) is 13.1. The van der Waals surface area contributed by atoms with E-state index in [9.17, 15) is 9.65 Å². The second kappa shape index (κ2) is 10.0. The summed E-state index contributed by atoms with van der Waals surface area (Å²) in [6.45, 7) is 7.46. The highest BCUT2D eigenvalue weighted by Gasteiger charge is 2.40. The Kier molecular flexibility index (Phi) is 6.51. The summed E-state index contributed by atoms with van der Waals surface area (Å²) in [6, 6.07) is 15.7. The topological polar surface area (TPSA) is 95.6 Å². The van der Waals surface area contributed by atoms with Gasteiger partial charge in [0.2, 0.25) is 0 Å². The third-order valence-corrected chi connectivity index (χ3v) is 7.29. The number of nitrogens with one attached hydrogen (secondary N) is 1. The number of rotatable bonds is 7. The fourth-order valence-corrected chi connectivity index (χ4v) is 5.05. The van der Waals surface area contributed by atoms with Gasteiger partial charge in [0.25, 0.3) is 0 Å². The fraction of sp³-hybridized carbons (Fsp3) is 0.300. The smallest absolute Gasteiger partial charge is 0.175 e. The molecule has 1 aliphatic rings. The molecule has 1 fully saturated rings. The summed E-state index contributed by atoms with van der Waals surface area (Å²) in [4.78, 5) is 11.0. The van der Waals surface area contributed by atoms with E-state index < -0.39 is 6.17 Å². The van der Waals surface area contributed by atoms with Crippen LogP contribution < -0.4 is 10.2 Å². The maximum atomic E-state index is 13.8. The molecule has 2 atom stereocenters. The molecule has 6 rings (SSSR count). The van der Waals surface area contributed by atoms with Crippen molar-refractivity contribution in [3.63, 3.8) is 0 Å². The normalized spacial score (nSPS) is 16.7. The molecule has 0 bridgehead atoms. The molecule has 1 N–H and O–H groups in total. The van der Waals surface area contributed by atoms with E-state index >= 15 is 0 Å². The van der Waals surface area contributed by atoms with Gasteiger partial charge < -0.3 is 10.2 Å². The number of halogens is 2. The predicted octanol–water partition coefficient (Wildman–Crippen LogP) is 6.98. The summed E-state index contributed by atoms with van der Waals surface area (Å²) in [6.07, 6.45) is 4.62. The molecule has 0 radical (unpaired) electrons. The van der Waals surface area contributed by atoms with Gasteiger partial charge in [-0.2, -0.15) is 5.26 Å². The molecule has 3 aromatic heterocycles. The van der Waals surface area contributed by atoms with Crippen molar-refractivity contribution in [1.82, 2.24) is 25.0 Å². The highest BCUT2D eigenvalue weighted by Crippen LogP contribution is 2.41. The Labute approximate surface area is 236 Å². The monoisotopic (exact) mass is 554 g/mol. The lowest BCUT2D eigenvalue weighted by molar-refractivity contribution is 0.425. The number of nitriles is 1. The summed E-state index contributed by atoms with van der Waals surface area (Å²) >= 11 is 6.83. The molecule has 8 nitrogen and oxygen atoms in total. The van der Waals surface area contributed by atoms with Crippen LogP contribution >= 0.6 is 11.6 Å². The van der Waals surface area contributed by atoms with Crippen LogP contribution in [0.1, 0.15) is 44.4 Å². The minimum absolute atomic E-state index is 0.0201. The second-order valence-electron chi connectivity index (χ2n) is 11.3. The van der Waals surface area contributed by atoms with E-state index in [1.54, 1.807) is 23.3 Å². The summed E-state index contributed by atoms with van der Waals surface area (Å²) < 4.78 is 15.4. The molecular weight excluding hydrogens is 527 g/mol. The molecule has 1 aliphatic carbocycles. The summed E-state index contributed by atoms with van der Waals surface area (Å²) in [5, 5.41) is 24.2. The van der Waals surface area contributed by atoms with E-state index in [-0.39, 0.29) is 11.5 Å². The number of pyridine rings is 2. The minimum Gasteiger partial charge on any atom is -0.383 e. The van der Waals surface area contributed by atoms with E-state index in [1.807, 2.05) is 47.4 Å². The number of alkyl halides is 1. The van der Waals surface area contributed by atoms with Crippen LogP contribution in [0.2, 0.25) is 5.02 Å². The first kappa shape index (κ1) is 26.0. The number of hydrogen-bond acceptors (Lipinski definition) is 7. The molecular formula is C30H28ClFN8. The van der Waals surface area contributed by atoms with Crippen LogP contribution in [0.5, 0.6) is 0 Å². The van der Waals surface area contributed by atoms with Crippen molar-refractivity contribution in [2.45, 2.75) is 46.0 Å². The van der Waals surface area contributed by atoms with Gasteiger partial charge in [-0.3, -0.25) is 9.97 Å². The third kappa shape index (κ3) is 5.03. The van der Waals surface area contributed by atoms with Crippen LogP contribution in [-0.4, -0.2) is 37.7 Å². The summed E-state index contributed by atoms with van der Waals surface area (Å²) in [7, 11) is 0. The fourth-order valence-electron chi connectivity index (χ4n) is 4.79. The van der Waals surface area contributed by atoms with Crippen molar-refractivity contribution in [2.75, 3.05) is 16.8 Å². The predicted molar refractivity (Wildman–Crippen MR) is 156 cm³/mol. The number of hydrogen-bond donors (Lipinski definition) is 1. The highest BCUT2D eigenvalue weighted by molar-refractivity contribution is 6.36. The van der Waals surface area contributed by atoms with Gasteiger partial charge in [0, 0.05) is 41.8 Å². The van der Waals surface area contributed by atoms with Crippen LogP contribution in [0.4, 0.5) is 21.6 Å². The SMILES string of the molecule is CC(C)(C)CNc1c(C#N)cnc2c(Cl)cc(N(Cc3cccc4ncccc34)c3cn([C@@H]4C[C@@H]4F)nn3)cc12. The lowest BCUT2D eigenvalue weighted by Gasteiger charge is -2.25. The van der Waals surface area contributed by atoms with Gasteiger partial charge in [-0.1, -0.05) is 55.8 Å². The highest BCUT2D eigenvalue weighted by atomic mass is 35.5. The van der Waals surface area contributed by atoms with Crippen molar-refractivity contribution in [1.29, 1.82) is 5.26 Å². The molecule has 10 heteroatoms. The Morgan fingerprint density at radius 3 is 2.75 bits per heavy atom. The van der Waals surface area contributed by atoms with Crippen LogP contribution in [0.3, 0.4) is 0 Å². The minimum atomic E-state index is -0.908.